The molecule has 13 nitrogen and oxygen atoms in total. The second kappa shape index (κ2) is 19.3. The Morgan fingerprint density at radius 3 is 2.13 bits per heavy atom. The van der Waals surface area contributed by atoms with Crippen molar-refractivity contribution in [1.29, 1.82) is 0 Å². The first kappa shape index (κ1) is 47.6. The number of esters is 1. The quantitative estimate of drug-likeness (QED) is 0.104. The number of nitrogens with one attached hydrogen (secondary N) is 2. The van der Waals surface area contributed by atoms with Crippen molar-refractivity contribution in [2.24, 2.45) is 5.10 Å². The summed E-state index contributed by atoms with van der Waals surface area (Å²) in [5.41, 5.74) is 1.60. The number of anilines is 2. The van der Waals surface area contributed by atoms with Crippen molar-refractivity contribution in [3.63, 3.8) is 0 Å². The summed E-state index contributed by atoms with van der Waals surface area (Å²) in [4.78, 5) is 54.4. The molecule has 2 unspecified atom stereocenters. The Balaban J connectivity index is 1.47. The molecule has 0 fully saturated rings. The predicted octanol–water partition coefficient (Wildman–Crippen LogP) is 9.28. The molecule has 4 aromatic carbocycles. The van der Waals surface area contributed by atoms with E-state index in [4.69, 9.17) is 37.4 Å². The highest BCUT2D eigenvalue weighted by atomic mass is 35.5. The number of amides is 3. The molecule has 1 heterocycles. The smallest absolute Gasteiger partial charge is 0.339 e. The molecule has 0 aromatic heterocycles. The van der Waals surface area contributed by atoms with Crippen molar-refractivity contribution in [3.8, 4) is 11.5 Å². The van der Waals surface area contributed by atoms with Gasteiger partial charge in [0.05, 0.1) is 34.2 Å². The van der Waals surface area contributed by atoms with Gasteiger partial charge in [0.25, 0.3) is 17.7 Å². The zero-order valence-corrected chi connectivity index (χ0v) is 38.5. The number of benzene rings is 4. The molecular formula is C46H52Cl2N4O9S. The largest absolute Gasteiger partial charge is 0.497 e. The maximum absolute atomic E-state index is 14.5. The monoisotopic (exact) mass is 906 g/mol. The van der Waals surface area contributed by atoms with Crippen LogP contribution in [0.4, 0.5) is 11.4 Å². The van der Waals surface area contributed by atoms with E-state index in [-0.39, 0.29) is 55.7 Å². The van der Waals surface area contributed by atoms with Crippen LogP contribution in [0.15, 0.2) is 88.9 Å². The third-order valence-corrected chi connectivity index (χ3v) is 13.7. The van der Waals surface area contributed by atoms with Gasteiger partial charge in [-0.15, -0.1) is 5.10 Å². The number of carbonyl (C=O) groups excluding carboxylic acids is 4. The fourth-order valence-corrected chi connectivity index (χ4v) is 9.02. The van der Waals surface area contributed by atoms with Gasteiger partial charge >= 0.3 is 5.97 Å². The molecule has 330 valence electrons. The summed E-state index contributed by atoms with van der Waals surface area (Å²) in [6.45, 7) is 16.3. The number of halogens is 2. The van der Waals surface area contributed by atoms with Crippen LogP contribution in [0, 0.1) is 0 Å². The van der Waals surface area contributed by atoms with Crippen LogP contribution >= 0.6 is 23.2 Å². The minimum atomic E-state index is -4.85. The van der Waals surface area contributed by atoms with Crippen LogP contribution in [0.1, 0.15) is 106 Å². The van der Waals surface area contributed by atoms with Gasteiger partial charge < -0.3 is 24.8 Å². The first-order chi connectivity index (χ1) is 29.2. The lowest BCUT2D eigenvalue weighted by atomic mass is 9.76. The van der Waals surface area contributed by atoms with Gasteiger partial charge in [-0.25, -0.2) is 13.2 Å². The van der Waals surface area contributed by atoms with Crippen LogP contribution in [-0.4, -0.2) is 63.0 Å². The van der Waals surface area contributed by atoms with E-state index in [1.807, 2.05) is 19.1 Å². The molecule has 1 aliphatic heterocycles. The maximum atomic E-state index is 14.5. The van der Waals surface area contributed by atoms with Gasteiger partial charge in [-0.2, -0.15) is 5.01 Å². The molecule has 4 aromatic rings. The number of nitrogens with zero attached hydrogens (tertiary/aromatic N) is 2. The van der Waals surface area contributed by atoms with Gasteiger partial charge in [-0.1, -0.05) is 102 Å². The third-order valence-electron chi connectivity index (χ3n) is 11.2. The molecule has 3 amide bonds. The lowest BCUT2D eigenvalue weighted by molar-refractivity contribution is -0.123. The summed E-state index contributed by atoms with van der Waals surface area (Å²) >= 11 is 13.0. The fraction of sp³-hybridized carbons (Fsp3) is 0.370. The molecule has 16 heteroatoms. The summed E-state index contributed by atoms with van der Waals surface area (Å²) in [6.07, 6.45) is 1.22. The lowest BCUT2D eigenvalue weighted by Crippen LogP contribution is -2.45. The van der Waals surface area contributed by atoms with Crippen molar-refractivity contribution < 1.29 is 41.8 Å². The Labute approximate surface area is 373 Å². The maximum Gasteiger partial charge on any atom is 0.339 e. The molecule has 2 atom stereocenters. The fourth-order valence-electron chi connectivity index (χ4n) is 6.65. The topological polar surface area (TPSA) is 170 Å². The molecule has 0 saturated heterocycles. The summed E-state index contributed by atoms with van der Waals surface area (Å²) in [7, 11) is -3.46. The molecule has 62 heavy (non-hydrogen) atoms. The van der Waals surface area contributed by atoms with Gasteiger partial charge in [-0.05, 0) is 79.0 Å². The van der Waals surface area contributed by atoms with E-state index < -0.39 is 55.6 Å². The van der Waals surface area contributed by atoms with Crippen LogP contribution < -0.4 is 25.1 Å². The van der Waals surface area contributed by atoms with Gasteiger partial charge in [0.15, 0.2) is 21.8 Å². The Kier molecular flexibility index (Phi) is 14.8. The molecule has 2 N–H and O–H groups in total. The lowest BCUT2D eigenvalue weighted by Gasteiger charge is -2.31. The Bertz CT molecular complexity index is 2500. The Morgan fingerprint density at radius 2 is 1.52 bits per heavy atom. The highest BCUT2D eigenvalue weighted by Gasteiger charge is 2.49. The molecular weight excluding hydrogens is 855 g/mol. The van der Waals surface area contributed by atoms with Gasteiger partial charge in [-0.3, -0.25) is 14.4 Å². The highest BCUT2D eigenvalue weighted by molar-refractivity contribution is 7.93. The highest BCUT2D eigenvalue weighted by Crippen LogP contribution is 2.41. The van der Waals surface area contributed by atoms with Gasteiger partial charge in [0, 0.05) is 28.9 Å². The third kappa shape index (κ3) is 9.93. The number of methoxy groups -OCH3 is 1. The zero-order chi connectivity index (χ0) is 45.7. The zero-order valence-electron chi connectivity index (χ0n) is 36.2. The first-order valence-electron chi connectivity index (χ1n) is 20.2. The molecule has 0 radical (unpaired) electrons. The van der Waals surface area contributed by atoms with Crippen LogP contribution in [0.2, 0.25) is 10.0 Å². The SMILES string of the molecule is CCOC(=O)c1ccccc1S(=O)(=O)C1C(=O)N(c2c(Cl)cc(OC)cc2Cl)N=C1NC(=O)c1cccc(NC(=O)C(CC)Oc2ccc(C(C)(C)CC)cc2C(C)(C)CC)c1. The Hall–Kier alpha value is -5.44. The van der Waals surface area contributed by atoms with E-state index in [9.17, 15) is 27.6 Å². The number of hydrogen-bond donors (Lipinski definition) is 2. The number of ether oxygens (including phenoxy) is 3. The first-order valence-corrected chi connectivity index (χ1v) is 22.5. The number of hydrazone groups is 1. The minimum Gasteiger partial charge on any atom is -0.497 e. The molecule has 0 spiro atoms. The second-order valence-electron chi connectivity index (χ2n) is 15.9. The molecule has 0 aliphatic carbocycles. The average Bonchev–Trinajstić information content (AvgIpc) is 3.57. The number of rotatable bonds is 16. The molecule has 5 rings (SSSR count). The van der Waals surface area contributed by atoms with E-state index in [1.165, 1.54) is 61.2 Å². The van der Waals surface area contributed by atoms with E-state index in [0.29, 0.717) is 17.2 Å². The number of amidine groups is 1. The van der Waals surface area contributed by atoms with E-state index >= 15 is 0 Å². The van der Waals surface area contributed by atoms with E-state index in [0.717, 1.165) is 24.5 Å². The predicted molar refractivity (Wildman–Crippen MR) is 242 cm³/mol. The van der Waals surface area contributed by atoms with Crippen LogP contribution in [0.5, 0.6) is 11.5 Å². The molecule has 0 saturated carbocycles. The number of sulfone groups is 1. The standard InChI is InChI=1S/C46H52Cl2N4O9S/c1-10-35(61-36-22-21-28(45(5,6)11-2)24-32(36)46(7,8)12-3)42(54)49-29-18-16-17-27(23-29)41(53)50-40-39(62(57,58)37-20-15-14-19-31(37)44(56)60-13-4)43(55)52(51-40)38-33(47)25-30(59-9)26-34(38)48/h14-26,35,39H,10-13H2,1-9H3,(H,49,54)(H,50,51,53). The number of carbonyl (C=O) groups is 4. The Morgan fingerprint density at radius 1 is 0.855 bits per heavy atom. The van der Waals surface area contributed by atoms with Crippen molar-refractivity contribution in [2.45, 2.75) is 102 Å². The average molecular weight is 908 g/mol. The van der Waals surface area contributed by atoms with Crippen molar-refractivity contribution in [3.05, 3.63) is 111 Å². The summed E-state index contributed by atoms with van der Waals surface area (Å²) < 4.78 is 45.7. The van der Waals surface area contributed by atoms with Crippen molar-refractivity contribution in [1.82, 2.24) is 5.32 Å². The molecule has 1 aliphatic rings. The minimum absolute atomic E-state index is 0.0185. The van der Waals surface area contributed by atoms with Crippen molar-refractivity contribution >= 4 is 73.9 Å². The van der Waals surface area contributed by atoms with Gasteiger partial charge in [0.1, 0.15) is 17.2 Å². The van der Waals surface area contributed by atoms with Crippen LogP contribution in [0.3, 0.4) is 0 Å². The van der Waals surface area contributed by atoms with Crippen LogP contribution in [-0.2, 0) is 35.0 Å². The summed E-state index contributed by atoms with van der Waals surface area (Å²) in [5.74, 6) is -3.15. The summed E-state index contributed by atoms with van der Waals surface area (Å²) in [5, 5.41) is 7.86. The van der Waals surface area contributed by atoms with Crippen molar-refractivity contribution in [2.75, 3.05) is 24.0 Å². The summed E-state index contributed by atoms with van der Waals surface area (Å²) in [6, 6.07) is 20.0. The normalized spacial score (nSPS) is 14.8. The molecule has 0 bridgehead atoms. The number of hydrogen-bond acceptors (Lipinski definition) is 10. The van der Waals surface area contributed by atoms with E-state index in [1.54, 1.807) is 13.0 Å². The van der Waals surface area contributed by atoms with Gasteiger partial charge in [0.2, 0.25) is 5.25 Å². The van der Waals surface area contributed by atoms with Crippen LogP contribution in [0.25, 0.3) is 0 Å². The van der Waals surface area contributed by atoms with E-state index in [2.05, 4.69) is 63.3 Å². The second-order valence-corrected chi connectivity index (χ2v) is 18.8.